The Hall–Kier alpha value is 1.01. The average molecular weight is 305 g/mol. The van der Waals surface area contributed by atoms with E-state index in [0.717, 1.165) is 0 Å². The van der Waals surface area contributed by atoms with Crippen LogP contribution in [0.25, 0.3) is 0 Å². The molecule has 0 aromatic carbocycles. The fourth-order valence-corrected chi connectivity index (χ4v) is 4.89. The number of unbranched alkanes of at least 4 members (excludes halogenated alkanes) is 2. The first-order valence-electron chi connectivity index (χ1n) is 4.12. The van der Waals surface area contributed by atoms with Gasteiger partial charge < -0.3 is 11.0 Å². The summed E-state index contributed by atoms with van der Waals surface area (Å²) in [6.07, 6.45) is 5.84. The van der Waals surface area contributed by atoms with E-state index in [1.165, 1.54) is 25.7 Å². The molecule has 0 aromatic rings. The number of halogens is 1. The van der Waals surface area contributed by atoms with Crippen LogP contribution in [0.5, 0.6) is 0 Å². The second-order valence-electron chi connectivity index (χ2n) is 2.46. The zero-order valence-electron chi connectivity index (χ0n) is 8.15. The molecule has 12 heavy (non-hydrogen) atoms. The van der Waals surface area contributed by atoms with Gasteiger partial charge in [0.2, 0.25) is 0 Å². The largest absolute Gasteiger partial charge is 0.412 e. The van der Waals surface area contributed by atoms with Gasteiger partial charge in [-0.15, -0.1) is 12.4 Å². The quantitative estimate of drug-likeness (QED) is 0.531. The molecule has 4 N–H and O–H groups in total. The van der Waals surface area contributed by atoms with E-state index in [-0.39, 0.29) is 44.5 Å². The van der Waals surface area contributed by atoms with Crippen LogP contribution in [-0.2, 0) is 0 Å². The fraction of sp³-hybridized carbons (Fsp3) is 1.00. The minimum Gasteiger partial charge on any atom is -0.412 e. The summed E-state index contributed by atoms with van der Waals surface area (Å²) in [7, 11) is 0. The van der Waals surface area contributed by atoms with Crippen molar-refractivity contribution in [1.82, 2.24) is 0 Å². The van der Waals surface area contributed by atoms with Crippen molar-refractivity contribution in [3.05, 3.63) is 0 Å². The molecule has 2 radical (unpaired) electrons. The Balaban J connectivity index is -0.000000107. The summed E-state index contributed by atoms with van der Waals surface area (Å²) in [6.45, 7) is 4.58. The minimum atomic E-state index is 0. The van der Waals surface area contributed by atoms with Gasteiger partial charge in [0.1, 0.15) is 0 Å². The Kier molecular flexibility index (Phi) is 43.7. The van der Waals surface area contributed by atoms with Crippen LogP contribution in [0.3, 0.4) is 0 Å². The van der Waals surface area contributed by atoms with Gasteiger partial charge >= 0.3 is 69.5 Å². The van der Waals surface area contributed by atoms with E-state index in [0.29, 0.717) is 0 Å². The van der Waals surface area contributed by atoms with Gasteiger partial charge in [-0.1, -0.05) is 0 Å². The van der Waals surface area contributed by atoms with Crippen molar-refractivity contribution < 1.29 is 11.0 Å². The van der Waals surface area contributed by atoms with Crippen LogP contribution in [0.4, 0.5) is 0 Å². The first kappa shape index (κ1) is 23.1. The molecule has 0 heterocycles. The third-order valence-corrected chi connectivity index (χ3v) is 5.45. The molecule has 4 heteroatoms. The molecular formula is C8H23ClO2Sn. The average Bonchev–Trinajstić information content (AvgIpc) is 1.89. The third kappa shape index (κ3) is 22.5. The number of hydrogen-bond acceptors (Lipinski definition) is 0. The molecule has 0 aliphatic rings. The topological polar surface area (TPSA) is 63.0 Å². The summed E-state index contributed by atoms with van der Waals surface area (Å²) in [5, 5.41) is 0. The molecule has 2 nitrogen and oxygen atoms in total. The maximum absolute atomic E-state index is 2.29. The maximum atomic E-state index is 2.29. The summed E-state index contributed by atoms with van der Waals surface area (Å²) < 4.78 is 3.25. The summed E-state index contributed by atoms with van der Waals surface area (Å²) in [5.74, 6) is 0. The molecule has 0 atom stereocenters. The van der Waals surface area contributed by atoms with Crippen molar-refractivity contribution >= 4 is 33.5 Å². The van der Waals surface area contributed by atoms with Crippen molar-refractivity contribution in [3.63, 3.8) is 0 Å². The van der Waals surface area contributed by atoms with Gasteiger partial charge in [-0.05, 0) is 0 Å². The molecular weight excluding hydrogens is 282 g/mol. The van der Waals surface area contributed by atoms with Crippen LogP contribution in [0.1, 0.15) is 39.5 Å². The van der Waals surface area contributed by atoms with Crippen molar-refractivity contribution in [2.45, 2.75) is 48.4 Å². The van der Waals surface area contributed by atoms with E-state index < -0.39 is 0 Å². The van der Waals surface area contributed by atoms with Gasteiger partial charge in [0.05, 0.1) is 0 Å². The molecule has 0 bridgehead atoms. The van der Waals surface area contributed by atoms with E-state index in [2.05, 4.69) is 13.8 Å². The molecule has 0 saturated carbocycles. The molecule has 0 rings (SSSR count). The zero-order valence-corrected chi connectivity index (χ0v) is 11.8. The van der Waals surface area contributed by atoms with Crippen molar-refractivity contribution in [3.8, 4) is 0 Å². The molecule has 0 aliphatic heterocycles. The van der Waals surface area contributed by atoms with Crippen LogP contribution >= 0.6 is 12.4 Å². The summed E-state index contributed by atoms with van der Waals surface area (Å²) in [5.41, 5.74) is 0. The predicted octanol–water partition coefficient (Wildman–Crippen LogP) is 1.90. The molecule has 0 aromatic heterocycles. The number of hydrogen-bond donors (Lipinski definition) is 0. The van der Waals surface area contributed by atoms with Crippen LogP contribution < -0.4 is 0 Å². The molecule has 0 aliphatic carbocycles. The summed E-state index contributed by atoms with van der Waals surface area (Å²) in [6, 6.07) is 0. The summed E-state index contributed by atoms with van der Waals surface area (Å²) >= 11 is 0.149. The van der Waals surface area contributed by atoms with E-state index in [1.807, 2.05) is 0 Å². The van der Waals surface area contributed by atoms with Crippen molar-refractivity contribution in [2.24, 2.45) is 0 Å². The Labute approximate surface area is 92.8 Å². The monoisotopic (exact) mass is 306 g/mol. The Bertz CT molecular complexity index is 50.3. The molecule has 0 saturated heterocycles. The smallest absolute Gasteiger partial charge is 0.147 e. The second kappa shape index (κ2) is 22.7. The van der Waals surface area contributed by atoms with E-state index in [4.69, 9.17) is 0 Å². The minimum absolute atomic E-state index is 0. The van der Waals surface area contributed by atoms with E-state index in [1.54, 1.807) is 8.87 Å². The van der Waals surface area contributed by atoms with Gasteiger partial charge in [0, 0.05) is 0 Å². The van der Waals surface area contributed by atoms with Gasteiger partial charge in [0.25, 0.3) is 0 Å². The zero-order chi connectivity index (χ0) is 6.95. The SMILES string of the molecule is CCC[CH2][Sn][CH2]CCC.Cl.O.O. The molecule has 0 unspecified atom stereocenters. The van der Waals surface area contributed by atoms with Crippen molar-refractivity contribution in [1.29, 1.82) is 0 Å². The fourth-order valence-electron chi connectivity index (χ4n) is 0.729. The van der Waals surface area contributed by atoms with Gasteiger partial charge in [-0.25, -0.2) is 0 Å². The molecule has 0 fully saturated rings. The second-order valence-corrected chi connectivity index (χ2v) is 6.74. The van der Waals surface area contributed by atoms with E-state index >= 15 is 0 Å². The Morgan fingerprint density at radius 2 is 1.17 bits per heavy atom. The third-order valence-electron chi connectivity index (χ3n) is 1.41. The molecule has 0 spiro atoms. The first-order valence-corrected chi connectivity index (χ1v) is 8.16. The van der Waals surface area contributed by atoms with Crippen LogP contribution in [0.15, 0.2) is 0 Å². The molecule has 0 amide bonds. The number of rotatable bonds is 6. The van der Waals surface area contributed by atoms with Crippen molar-refractivity contribution in [2.75, 3.05) is 0 Å². The van der Waals surface area contributed by atoms with Gasteiger partial charge in [0.15, 0.2) is 0 Å². The normalized spacial score (nSPS) is 7.50. The Morgan fingerprint density at radius 3 is 1.42 bits per heavy atom. The van der Waals surface area contributed by atoms with E-state index in [9.17, 15) is 0 Å². The first-order chi connectivity index (χ1) is 4.41. The van der Waals surface area contributed by atoms with Gasteiger partial charge in [-0.3, -0.25) is 0 Å². The van der Waals surface area contributed by atoms with Gasteiger partial charge in [-0.2, -0.15) is 0 Å². The van der Waals surface area contributed by atoms with Crippen LogP contribution in [0, 0.1) is 0 Å². The predicted molar refractivity (Wildman–Crippen MR) is 59.7 cm³/mol. The standard InChI is InChI=1S/2C4H9.ClH.2H2O.Sn/c2*1-3-4-2;;;;/h2*1,3-4H2,2H3;1H;2*1H2;. The van der Waals surface area contributed by atoms with Crippen LogP contribution in [0.2, 0.25) is 8.87 Å². The summed E-state index contributed by atoms with van der Waals surface area (Å²) in [4.78, 5) is 0. The maximum Gasteiger partial charge on any atom is -0.147 e. The Morgan fingerprint density at radius 1 is 0.833 bits per heavy atom. The van der Waals surface area contributed by atoms with Crippen LogP contribution in [-0.4, -0.2) is 32.1 Å². The molecule has 78 valence electrons.